The van der Waals surface area contributed by atoms with Crippen LogP contribution >= 0.6 is 0 Å². The number of aliphatic hydroxyl groups excluding tert-OH is 8. The van der Waals surface area contributed by atoms with Gasteiger partial charge in [0.25, 0.3) is 0 Å². The highest BCUT2D eigenvalue weighted by Crippen LogP contribution is 2.30. The lowest BCUT2D eigenvalue weighted by Crippen LogP contribution is -2.65. The molecule has 1 amide bonds. The van der Waals surface area contributed by atoms with Crippen LogP contribution in [0.25, 0.3) is 0 Å². The minimum atomic E-state index is -1.79. The molecule has 0 aromatic heterocycles. The fourth-order valence-electron chi connectivity index (χ4n) is 11.7. The Bertz CT molecular complexity index is 1550. The molecule has 12 unspecified atom stereocenters. The average Bonchev–Trinajstić information content (AvgIpc) is 2.95. The van der Waals surface area contributed by atoms with E-state index in [4.69, 9.17) is 18.9 Å². The van der Waals surface area contributed by atoms with Crippen molar-refractivity contribution in [3.8, 4) is 0 Å². The SMILES string of the molecule is CCCCC/C=C/CC/C=C/C(O)C(COC1OC(CO)C(OC2OC(CO)C(O)C(O)C2O)C(O)C1O)NC(=O)CCCCCCCCCCCCCCCCCCCCCCCCCCCCCCC/C=C\CCCCCCCCCC. The van der Waals surface area contributed by atoms with Crippen LogP contribution in [0.5, 0.6) is 0 Å². The van der Waals surface area contributed by atoms with Crippen molar-refractivity contribution in [1.29, 1.82) is 0 Å². The minimum Gasteiger partial charge on any atom is -0.394 e. The first-order valence-electron chi connectivity index (χ1n) is 35.2. The molecule has 0 aromatic carbocycles. The van der Waals surface area contributed by atoms with E-state index < -0.39 is 86.8 Å². The van der Waals surface area contributed by atoms with Crippen LogP contribution in [0.2, 0.25) is 0 Å². The number of carbonyl (C=O) groups is 1. The van der Waals surface area contributed by atoms with Crippen molar-refractivity contribution in [2.75, 3.05) is 19.8 Å². The van der Waals surface area contributed by atoms with E-state index >= 15 is 0 Å². The molecule has 14 heteroatoms. The average molecular weight is 1190 g/mol. The molecule has 2 heterocycles. The summed E-state index contributed by atoms with van der Waals surface area (Å²) in [6.07, 6.45) is 54.3. The molecule has 0 radical (unpaired) electrons. The van der Waals surface area contributed by atoms with Gasteiger partial charge < -0.3 is 65.1 Å². The summed E-state index contributed by atoms with van der Waals surface area (Å²) in [5, 5.41) is 86.9. The van der Waals surface area contributed by atoms with Gasteiger partial charge in [-0.05, 0) is 57.8 Å². The number of allylic oxidation sites excluding steroid dienone is 5. The summed E-state index contributed by atoms with van der Waals surface area (Å²) in [5.41, 5.74) is 0. The first kappa shape index (κ1) is 78.3. The molecule has 12 atom stereocenters. The van der Waals surface area contributed by atoms with E-state index in [1.54, 1.807) is 6.08 Å². The van der Waals surface area contributed by atoms with Crippen molar-refractivity contribution < 1.29 is 64.6 Å². The van der Waals surface area contributed by atoms with E-state index in [1.807, 2.05) is 6.08 Å². The summed E-state index contributed by atoms with van der Waals surface area (Å²) < 4.78 is 22.7. The maximum atomic E-state index is 13.2. The zero-order valence-electron chi connectivity index (χ0n) is 53.7. The standard InChI is InChI=1S/C70H131NO13/c1-3-5-7-9-11-13-14-15-16-17-18-19-20-21-22-23-24-25-26-27-28-29-30-31-32-33-34-35-36-37-38-39-40-41-42-43-44-46-48-50-52-54-62(75)71-58(59(74)53-51-49-47-45-12-10-8-6-4-2)57-81-69-67(80)65(78)68(61(56-73)83-69)84-70-66(79)64(77)63(76)60(55-72)82-70/h12,17-18,45,51,53,58-61,63-70,72-74,76-80H,3-11,13-16,19-44,46-50,52,54-57H2,1-2H3,(H,71,75)/b18-17-,45-12+,53-51+. The van der Waals surface area contributed by atoms with E-state index in [9.17, 15) is 45.6 Å². The normalized spacial score (nSPS) is 23.8. The van der Waals surface area contributed by atoms with Crippen LogP contribution in [0, 0.1) is 0 Å². The van der Waals surface area contributed by atoms with Gasteiger partial charge in [-0.2, -0.15) is 0 Å². The van der Waals surface area contributed by atoms with Crippen molar-refractivity contribution in [2.24, 2.45) is 0 Å². The molecule has 2 aliphatic rings. The maximum Gasteiger partial charge on any atom is 0.220 e. The predicted octanol–water partition coefficient (Wildman–Crippen LogP) is 14.1. The lowest BCUT2D eigenvalue weighted by atomic mass is 9.97. The van der Waals surface area contributed by atoms with E-state index in [0.29, 0.717) is 12.8 Å². The van der Waals surface area contributed by atoms with Gasteiger partial charge in [-0.3, -0.25) is 4.79 Å². The van der Waals surface area contributed by atoms with Gasteiger partial charge in [0, 0.05) is 6.42 Å². The molecule has 2 aliphatic heterocycles. The number of unbranched alkanes of at least 4 members (excludes halogenated alkanes) is 41. The van der Waals surface area contributed by atoms with Crippen LogP contribution in [-0.4, -0.2) is 140 Å². The highest BCUT2D eigenvalue weighted by molar-refractivity contribution is 5.76. The highest BCUT2D eigenvalue weighted by Gasteiger charge is 2.51. The van der Waals surface area contributed by atoms with Crippen molar-refractivity contribution in [3.05, 3.63) is 36.5 Å². The number of aliphatic hydroxyl groups is 8. The molecule has 9 N–H and O–H groups in total. The van der Waals surface area contributed by atoms with E-state index in [1.165, 1.54) is 238 Å². The van der Waals surface area contributed by atoms with Crippen LogP contribution in [0.1, 0.15) is 309 Å². The summed E-state index contributed by atoms with van der Waals surface area (Å²) in [6.45, 7) is 2.74. The van der Waals surface area contributed by atoms with Crippen molar-refractivity contribution in [3.63, 3.8) is 0 Å². The third-order valence-electron chi connectivity index (χ3n) is 17.3. The van der Waals surface area contributed by atoms with Crippen molar-refractivity contribution in [2.45, 2.75) is 383 Å². The molecule has 2 fully saturated rings. The van der Waals surface area contributed by atoms with Crippen LogP contribution < -0.4 is 5.32 Å². The Balaban J connectivity index is 1.48. The molecule has 0 bridgehead atoms. The second-order valence-electron chi connectivity index (χ2n) is 25.0. The van der Waals surface area contributed by atoms with Gasteiger partial charge in [0.15, 0.2) is 12.6 Å². The molecule has 0 saturated carbocycles. The molecule has 0 spiro atoms. The van der Waals surface area contributed by atoms with Gasteiger partial charge in [0.2, 0.25) is 5.91 Å². The molecule has 494 valence electrons. The lowest BCUT2D eigenvalue weighted by Gasteiger charge is -2.46. The van der Waals surface area contributed by atoms with Gasteiger partial charge in [-0.15, -0.1) is 0 Å². The molecule has 2 saturated heterocycles. The van der Waals surface area contributed by atoms with Crippen molar-refractivity contribution in [1.82, 2.24) is 5.32 Å². The van der Waals surface area contributed by atoms with Crippen molar-refractivity contribution >= 4 is 5.91 Å². The number of carbonyl (C=O) groups excluding carboxylic acids is 1. The van der Waals surface area contributed by atoms with Gasteiger partial charge in [0.05, 0.1) is 32.0 Å². The molecular formula is C70H131NO13. The smallest absolute Gasteiger partial charge is 0.220 e. The minimum absolute atomic E-state index is 0.247. The number of ether oxygens (including phenoxy) is 4. The van der Waals surface area contributed by atoms with Crippen LogP contribution in [0.3, 0.4) is 0 Å². The Hall–Kier alpha value is -1.79. The number of hydrogen-bond acceptors (Lipinski definition) is 13. The summed E-state index contributed by atoms with van der Waals surface area (Å²) >= 11 is 0. The third-order valence-corrected chi connectivity index (χ3v) is 17.3. The Labute approximate surface area is 512 Å². The molecular weight excluding hydrogens is 1060 g/mol. The lowest BCUT2D eigenvalue weighted by molar-refractivity contribution is -0.359. The van der Waals surface area contributed by atoms with E-state index in [0.717, 1.165) is 38.5 Å². The summed E-state index contributed by atoms with van der Waals surface area (Å²) in [7, 11) is 0. The molecule has 14 nitrogen and oxygen atoms in total. The first-order chi connectivity index (χ1) is 41.1. The van der Waals surface area contributed by atoms with Crippen LogP contribution in [0.15, 0.2) is 36.5 Å². The number of hydrogen-bond donors (Lipinski definition) is 9. The Morgan fingerprint density at radius 3 is 1.19 bits per heavy atom. The zero-order valence-corrected chi connectivity index (χ0v) is 53.7. The van der Waals surface area contributed by atoms with Gasteiger partial charge in [0.1, 0.15) is 48.8 Å². The second kappa shape index (κ2) is 55.3. The number of rotatable bonds is 58. The van der Waals surface area contributed by atoms with Gasteiger partial charge in [-0.1, -0.05) is 281 Å². The van der Waals surface area contributed by atoms with Crippen LogP contribution in [0.4, 0.5) is 0 Å². The van der Waals surface area contributed by atoms with E-state index in [2.05, 4.69) is 43.5 Å². The number of nitrogens with one attached hydrogen (secondary N) is 1. The first-order valence-corrected chi connectivity index (χ1v) is 35.2. The molecule has 2 rings (SSSR count). The summed E-state index contributed by atoms with van der Waals surface area (Å²) in [4.78, 5) is 13.2. The fraction of sp³-hybridized carbons (Fsp3) is 0.900. The maximum absolute atomic E-state index is 13.2. The molecule has 0 aromatic rings. The summed E-state index contributed by atoms with van der Waals surface area (Å²) in [5.74, 6) is -0.247. The second-order valence-corrected chi connectivity index (χ2v) is 25.0. The topological polar surface area (TPSA) is 228 Å². The Morgan fingerprint density at radius 1 is 0.417 bits per heavy atom. The zero-order chi connectivity index (χ0) is 60.9. The fourth-order valence-corrected chi connectivity index (χ4v) is 11.7. The molecule has 84 heavy (non-hydrogen) atoms. The largest absolute Gasteiger partial charge is 0.394 e. The monoisotopic (exact) mass is 1190 g/mol. The Morgan fingerprint density at radius 2 is 0.762 bits per heavy atom. The van der Waals surface area contributed by atoms with Gasteiger partial charge in [-0.25, -0.2) is 0 Å². The Kier molecular flexibility index (Phi) is 51.5. The predicted molar refractivity (Wildman–Crippen MR) is 341 cm³/mol. The number of amides is 1. The summed E-state index contributed by atoms with van der Waals surface area (Å²) in [6, 6.07) is -0.927. The third kappa shape index (κ3) is 39.3. The van der Waals surface area contributed by atoms with E-state index in [-0.39, 0.29) is 18.9 Å². The van der Waals surface area contributed by atoms with Crippen LogP contribution in [-0.2, 0) is 23.7 Å². The highest BCUT2D eigenvalue weighted by atomic mass is 16.7. The quantitative estimate of drug-likeness (QED) is 0.0204. The van der Waals surface area contributed by atoms with Gasteiger partial charge >= 0.3 is 0 Å². The molecule has 0 aliphatic carbocycles.